The van der Waals surface area contributed by atoms with E-state index in [4.69, 9.17) is 10.3 Å². The Morgan fingerprint density at radius 1 is 1.09 bits per heavy atom. The van der Waals surface area contributed by atoms with Gasteiger partial charge in [0.2, 0.25) is 5.91 Å². The quantitative estimate of drug-likeness (QED) is 0.498. The molecule has 1 amide bonds. The average Bonchev–Trinajstić information content (AvgIpc) is 3.27. The molecule has 1 aromatic heterocycles. The van der Waals surface area contributed by atoms with Gasteiger partial charge in [0.25, 0.3) is 5.88 Å². The van der Waals surface area contributed by atoms with Crippen LogP contribution in [0, 0.1) is 5.82 Å². The second kappa shape index (κ2) is 9.21. The third-order valence-electron chi connectivity index (χ3n) is 5.83. The van der Waals surface area contributed by atoms with Gasteiger partial charge in [-0.3, -0.25) is 4.79 Å². The van der Waals surface area contributed by atoms with E-state index in [0.29, 0.717) is 43.6 Å². The minimum atomic E-state index is -0.243. The molecule has 4 rings (SSSR count). The minimum Gasteiger partial charge on any atom is -0.369 e. The number of piperazine rings is 1. The summed E-state index contributed by atoms with van der Waals surface area (Å²) in [4.78, 5) is 19.5. The molecule has 2 N–H and O–H groups in total. The summed E-state index contributed by atoms with van der Waals surface area (Å²) in [5.74, 6) is 0.473. The number of aliphatic imine (C=N–C) groups is 1. The number of guanidine groups is 1. The Labute approximate surface area is 186 Å². The van der Waals surface area contributed by atoms with E-state index in [1.165, 1.54) is 6.07 Å². The number of carbonyl (C=O) groups excluding carboxylic acids is 1. The zero-order valence-electron chi connectivity index (χ0n) is 18.2. The van der Waals surface area contributed by atoms with E-state index < -0.39 is 0 Å². The third kappa shape index (κ3) is 4.64. The summed E-state index contributed by atoms with van der Waals surface area (Å²) < 4.78 is 19.4. The van der Waals surface area contributed by atoms with Gasteiger partial charge >= 0.3 is 0 Å². The first-order valence-electron chi connectivity index (χ1n) is 10.6. The highest BCUT2D eigenvalue weighted by Crippen LogP contribution is 2.29. The van der Waals surface area contributed by atoms with Crippen LogP contribution in [-0.2, 0) is 4.79 Å². The fourth-order valence-corrected chi connectivity index (χ4v) is 3.79. The number of hydrogen-bond donors (Lipinski definition) is 1. The molecular weight excluding hydrogens is 409 g/mol. The molecular formula is C24H26FN5O2. The molecule has 1 fully saturated rings. The first-order valence-corrected chi connectivity index (χ1v) is 10.6. The van der Waals surface area contributed by atoms with Crippen molar-refractivity contribution in [2.24, 2.45) is 10.7 Å². The highest BCUT2D eigenvalue weighted by atomic mass is 19.1. The first kappa shape index (κ1) is 21.5. The van der Waals surface area contributed by atoms with Gasteiger partial charge in [-0.05, 0) is 17.2 Å². The molecule has 166 valence electrons. The predicted molar refractivity (Wildman–Crippen MR) is 121 cm³/mol. The maximum atomic E-state index is 14.0. The molecule has 0 spiro atoms. The Morgan fingerprint density at radius 2 is 1.75 bits per heavy atom. The lowest BCUT2D eigenvalue weighted by Gasteiger charge is -2.34. The highest BCUT2D eigenvalue weighted by Gasteiger charge is 2.21. The topological polar surface area (TPSA) is 88.0 Å². The molecule has 0 aliphatic carbocycles. The zero-order valence-corrected chi connectivity index (χ0v) is 18.2. The molecule has 8 heteroatoms. The maximum absolute atomic E-state index is 14.0. The molecule has 1 saturated heterocycles. The largest absolute Gasteiger partial charge is 0.369 e. The van der Waals surface area contributed by atoms with Crippen molar-refractivity contribution in [1.82, 2.24) is 15.0 Å². The lowest BCUT2D eigenvalue weighted by Crippen LogP contribution is -2.52. The number of amides is 1. The molecule has 1 aliphatic heterocycles. The Morgan fingerprint density at radius 3 is 2.41 bits per heavy atom. The Hall–Kier alpha value is -3.68. The van der Waals surface area contributed by atoms with Crippen LogP contribution in [0.15, 0.2) is 64.1 Å². The van der Waals surface area contributed by atoms with Crippen LogP contribution in [0.1, 0.15) is 31.0 Å². The second-order valence-corrected chi connectivity index (χ2v) is 7.88. The highest BCUT2D eigenvalue weighted by molar-refractivity contribution is 5.81. The van der Waals surface area contributed by atoms with Crippen molar-refractivity contribution in [2.75, 3.05) is 26.2 Å². The molecule has 3 aromatic rings. The van der Waals surface area contributed by atoms with Gasteiger partial charge in [0.05, 0.1) is 5.69 Å². The maximum Gasteiger partial charge on any atom is 0.253 e. The van der Waals surface area contributed by atoms with E-state index in [-0.39, 0.29) is 17.6 Å². The number of rotatable bonds is 4. The van der Waals surface area contributed by atoms with Crippen molar-refractivity contribution in [1.29, 1.82) is 0 Å². The number of hydrogen-bond acceptors (Lipinski definition) is 4. The van der Waals surface area contributed by atoms with Crippen LogP contribution in [0.5, 0.6) is 0 Å². The van der Waals surface area contributed by atoms with E-state index in [9.17, 15) is 9.18 Å². The van der Waals surface area contributed by atoms with Crippen LogP contribution in [-0.4, -0.2) is 53.0 Å². The summed E-state index contributed by atoms with van der Waals surface area (Å²) in [6.45, 7) is 6.08. The summed E-state index contributed by atoms with van der Waals surface area (Å²) in [5.41, 5.74) is 9.29. The molecule has 1 atom stereocenters. The molecule has 2 heterocycles. The number of halogens is 1. The van der Waals surface area contributed by atoms with Crippen molar-refractivity contribution in [3.8, 4) is 11.1 Å². The molecule has 2 aromatic carbocycles. The van der Waals surface area contributed by atoms with E-state index in [1.54, 1.807) is 30.0 Å². The van der Waals surface area contributed by atoms with Crippen molar-refractivity contribution in [2.45, 2.75) is 19.8 Å². The number of aromatic nitrogens is 1. The molecule has 7 nitrogen and oxygen atoms in total. The standard InChI is InChI=1S/C24H26FN5O2/c1-16(18-7-9-19(10-8-18)20-5-3-4-6-21(20)25)22-15-23(32-28-22)27-24(26)30-13-11-29(12-14-30)17(2)31/h3-10,15-16H,11-14H2,1-2H3,(H2,26,27). The lowest BCUT2D eigenvalue weighted by molar-refractivity contribution is -0.130. The van der Waals surface area contributed by atoms with E-state index >= 15 is 0 Å². The van der Waals surface area contributed by atoms with Crippen molar-refractivity contribution in [3.63, 3.8) is 0 Å². The number of carbonyl (C=O) groups is 1. The fourth-order valence-electron chi connectivity index (χ4n) is 3.79. The van der Waals surface area contributed by atoms with Gasteiger partial charge in [-0.2, -0.15) is 4.99 Å². The summed E-state index contributed by atoms with van der Waals surface area (Å²) in [5, 5.41) is 4.15. The molecule has 1 unspecified atom stereocenters. The molecule has 0 saturated carbocycles. The van der Waals surface area contributed by atoms with Crippen LogP contribution >= 0.6 is 0 Å². The monoisotopic (exact) mass is 435 g/mol. The van der Waals surface area contributed by atoms with E-state index in [0.717, 1.165) is 16.8 Å². The third-order valence-corrected chi connectivity index (χ3v) is 5.83. The van der Waals surface area contributed by atoms with Crippen LogP contribution in [0.2, 0.25) is 0 Å². The minimum absolute atomic E-state index is 0.0299. The zero-order chi connectivity index (χ0) is 22.7. The van der Waals surface area contributed by atoms with Crippen LogP contribution in [0.3, 0.4) is 0 Å². The Bertz CT molecular complexity index is 1120. The van der Waals surface area contributed by atoms with E-state index in [1.807, 2.05) is 42.2 Å². The fraction of sp³-hybridized carbons (Fsp3) is 0.292. The van der Waals surface area contributed by atoms with Crippen LogP contribution in [0.25, 0.3) is 11.1 Å². The average molecular weight is 436 g/mol. The van der Waals surface area contributed by atoms with Gasteiger partial charge < -0.3 is 20.1 Å². The summed E-state index contributed by atoms with van der Waals surface area (Å²) in [6, 6.07) is 16.2. The van der Waals surface area contributed by atoms with Gasteiger partial charge in [0.1, 0.15) is 5.82 Å². The van der Waals surface area contributed by atoms with Crippen molar-refractivity contribution in [3.05, 3.63) is 71.7 Å². The molecule has 0 bridgehead atoms. The normalized spacial score (nSPS) is 15.7. The summed E-state index contributed by atoms with van der Waals surface area (Å²) in [7, 11) is 0. The van der Waals surface area contributed by atoms with Crippen LogP contribution < -0.4 is 5.73 Å². The van der Waals surface area contributed by atoms with Gasteiger partial charge in [-0.15, -0.1) is 0 Å². The summed E-state index contributed by atoms with van der Waals surface area (Å²) in [6.07, 6.45) is 0. The lowest BCUT2D eigenvalue weighted by atomic mass is 9.95. The molecule has 1 aliphatic rings. The second-order valence-electron chi connectivity index (χ2n) is 7.88. The molecule has 32 heavy (non-hydrogen) atoms. The van der Waals surface area contributed by atoms with Gasteiger partial charge in [-0.1, -0.05) is 54.5 Å². The number of benzene rings is 2. The van der Waals surface area contributed by atoms with Gasteiger partial charge in [0, 0.05) is 50.7 Å². The number of nitrogens with zero attached hydrogens (tertiary/aromatic N) is 4. The smallest absolute Gasteiger partial charge is 0.253 e. The number of nitrogens with two attached hydrogens (primary N) is 1. The van der Waals surface area contributed by atoms with Crippen molar-refractivity contribution < 1.29 is 13.7 Å². The van der Waals surface area contributed by atoms with Gasteiger partial charge in [0.15, 0.2) is 5.96 Å². The van der Waals surface area contributed by atoms with E-state index in [2.05, 4.69) is 10.1 Å². The Kier molecular flexibility index (Phi) is 6.20. The Balaban J connectivity index is 1.43. The predicted octanol–water partition coefficient (Wildman–Crippen LogP) is 3.74. The molecule has 0 radical (unpaired) electrons. The van der Waals surface area contributed by atoms with Crippen molar-refractivity contribution >= 4 is 17.8 Å². The van der Waals surface area contributed by atoms with Crippen LogP contribution in [0.4, 0.5) is 10.3 Å². The van der Waals surface area contributed by atoms with Gasteiger partial charge in [-0.25, -0.2) is 4.39 Å². The summed E-state index contributed by atoms with van der Waals surface area (Å²) >= 11 is 0. The SMILES string of the molecule is CC(=O)N1CCN(C(N)=Nc2cc(C(C)c3ccc(-c4ccccc4F)cc3)no2)CC1. The first-order chi connectivity index (χ1) is 15.4.